The fourth-order valence-electron chi connectivity index (χ4n) is 3.23. The Balaban J connectivity index is 1.56. The maximum Gasteiger partial charge on any atom is 0.277 e. The quantitative estimate of drug-likeness (QED) is 0.493. The number of hydroxylamine groups is 1. The van der Waals surface area contributed by atoms with Crippen molar-refractivity contribution in [2.75, 3.05) is 18.0 Å². The number of hydrogen-bond acceptors (Lipinski definition) is 5. The predicted molar refractivity (Wildman–Crippen MR) is 89.2 cm³/mol. The van der Waals surface area contributed by atoms with Gasteiger partial charge < -0.3 is 9.88 Å². The molecule has 0 bridgehead atoms. The fourth-order valence-corrected chi connectivity index (χ4v) is 3.23. The molecule has 24 heavy (non-hydrogen) atoms. The van der Waals surface area contributed by atoms with Gasteiger partial charge in [0.1, 0.15) is 0 Å². The highest BCUT2D eigenvalue weighted by Crippen LogP contribution is 2.26. The number of carbonyl (C=O) groups is 1. The Labute approximate surface area is 138 Å². The van der Waals surface area contributed by atoms with Crippen LogP contribution in [0, 0.1) is 0 Å². The first-order valence-electron chi connectivity index (χ1n) is 7.86. The SMILES string of the molecule is O=C(NO)c1cnc(N2CCc3[nH]c4ccccc4c3CC2)nc1. The highest BCUT2D eigenvalue weighted by atomic mass is 16.5. The molecule has 0 saturated carbocycles. The lowest BCUT2D eigenvalue weighted by Crippen LogP contribution is -2.28. The van der Waals surface area contributed by atoms with Gasteiger partial charge in [0.25, 0.3) is 5.91 Å². The summed E-state index contributed by atoms with van der Waals surface area (Å²) in [5, 5.41) is 9.92. The lowest BCUT2D eigenvalue weighted by Gasteiger charge is -2.20. The molecule has 1 amide bonds. The smallest absolute Gasteiger partial charge is 0.277 e. The summed E-state index contributed by atoms with van der Waals surface area (Å²) in [6.45, 7) is 1.63. The predicted octanol–water partition coefficient (Wildman–Crippen LogP) is 1.68. The van der Waals surface area contributed by atoms with Gasteiger partial charge in [-0.15, -0.1) is 0 Å². The van der Waals surface area contributed by atoms with Crippen molar-refractivity contribution in [3.63, 3.8) is 0 Å². The van der Waals surface area contributed by atoms with E-state index in [-0.39, 0.29) is 5.56 Å². The maximum atomic E-state index is 11.3. The third-order valence-electron chi connectivity index (χ3n) is 4.45. The van der Waals surface area contributed by atoms with Gasteiger partial charge in [-0.25, -0.2) is 15.4 Å². The van der Waals surface area contributed by atoms with E-state index in [1.807, 2.05) is 6.07 Å². The molecule has 1 aromatic carbocycles. The van der Waals surface area contributed by atoms with Crippen LogP contribution in [0.25, 0.3) is 10.9 Å². The summed E-state index contributed by atoms with van der Waals surface area (Å²) in [7, 11) is 0. The Hall–Kier alpha value is -2.93. The molecule has 0 aliphatic carbocycles. The number of amides is 1. The van der Waals surface area contributed by atoms with Crippen LogP contribution in [0.5, 0.6) is 0 Å². The highest BCUT2D eigenvalue weighted by molar-refractivity contribution is 5.92. The second-order valence-corrected chi connectivity index (χ2v) is 5.83. The number of carbonyl (C=O) groups excluding carboxylic acids is 1. The third kappa shape index (κ3) is 2.48. The number of rotatable bonds is 2. The molecular formula is C17H17N5O2. The van der Waals surface area contributed by atoms with E-state index in [4.69, 9.17) is 5.21 Å². The van der Waals surface area contributed by atoms with Crippen LogP contribution in [0.4, 0.5) is 5.95 Å². The Morgan fingerprint density at radius 2 is 1.92 bits per heavy atom. The molecule has 0 radical (unpaired) electrons. The van der Waals surface area contributed by atoms with Crippen LogP contribution in [0.1, 0.15) is 21.6 Å². The van der Waals surface area contributed by atoms with Crippen LogP contribution in [-0.4, -0.2) is 39.2 Å². The van der Waals surface area contributed by atoms with Gasteiger partial charge in [-0.2, -0.15) is 0 Å². The summed E-state index contributed by atoms with van der Waals surface area (Å²) < 4.78 is 0. The lowest BCUT2D eigenvalue weighted by molar-refractivity contribution is 0.0705. The molecule has 3 heterocycles. The van der Waals surface area contributed by atoms with Crippen LogP contribution >= 0.6 is 0 Å². The number of benzene rings is 1. The molecular weight excluding hydrogens is 306 g/mol. The molecule has 1 aliphatic heterocycles. The Bertz CT molecular complexity index is 888. The van der Waals surface area contributed by atoms with E-state index in [9.17, 15) is 4.79 Å². The average molecular weight is 323 g/mol. The van der Waals surface area contributed by atoms with Gasteiger partial charge in [0, 0.05) is 48.5 Å². The van der Waals surface area contributed by atoms with Gasteiger partial charge in [0.15, 0.2) is 0 Å². The molecule has 122 valence electrons. The minimum absolute atomic E-state index is 0.229. The number of H-pyrrole nitrogens is 1. The van der Waals surface area contributed by atoms with Gasteiger partial charge in [0.05, 0.1) is 5.56 Å². The second-order valence-electron chi connectivity index (χ2n) is 5.83. The van der Waals surface area contributed by atoms with E-state index in [0.29, 0.717) is 5.95 Å². The molecule has 7 heteroatoms. The highest BCUT2D eigenvalue weighted by Gasteiger charge is 2.19. The fraction of sp³-hybridized carbons (Fsp3) is 0.235. The van der Waals surface area contributed by atoms with E-state index in [0.717, 1.165) is 25.9 Å². The molecule has 3 N–H and O–H groups in total. The zero-order valence-corrected chi connectivity index (χ0v) is 13.0. The van der Waals surface area contributed by atoms with Crippen LogP contribution in [-0.2, 0) is 12.8 Å². The Kier molecular flexibility index (Phi) is 3.62. The van der Waals surface area contributed by atoms with E-state index < -0.39 is 5.91 Å². The van der Waals surface area contributed by atoms with Crippen molar-refractivity contribution in [1.29, 1.82) is 0 Å². The zero-order chi connectivity index (χ0) is 16.5. The molecule has 1 aliphatic rings. The van der Waals surface area contributed by atoms with Crippen molar-refractivity contribution < 1.29 is 10.0 Å². The number of fused-ring (bicyclic) bond motifs is 3. The first-order valence-corrected chi connectivity index (χ1v) is 7.86. The van der Waals surface area contributed by atoms with Gasteiger partial charge in [-0.3, -0.25) is 10.0 Å². The average Bonchev–Trinajstić information content (AvgIpc) is 2.86. The summed E-state index contributed by atoms with van der Waals surface area (Å²) in [6.07, 6.45) is 4.66. The summed E-state index contributed by atoms with van der Waals surface area (Å²) in [5.41, 5.74) is 5.63. The van der Waals surface area contributed by atoms with Crippen molar-refractivity contribution >= 4 is 22.8 Å². The van der Waals surface area contributed by atoms with Crippen LogP contribution in [0.15, 0.2) is 36.7 Å². The third-order valence-corrected chi connectivity index (χ3v) is 4.45. The maximum absolute atomic E-state index is 11.3. The monoisotopic (exact) mass is 323 g/mol. The molecule has 4 rings (SSSR count). The summed E-state index contributed by atoms with van der Waals surface area (Å²) >= 11 is 0. The number of nitrogens with zero attached hydrogens (tertiary/aromatic N) is 3. The second kappa shape index (κ2) is 5.93. The normalized spacial score (nSPS) is 14.3. The molecule has 0 unspecified atom stereocenters. The number of nitrogens with one attached hydrogen (secondary N) is 2. The van der Waals surface area contributed by atoms with Crippen LogP contribution in [0.2, 0.25) is 0 Å². The first kappa shape index (κ1) is 14.6. The summed E-state index contributed by atoms with van der Waals surface area (Å²) in [4.78, 5) is 25.5. The molecule has 3 aromatic rings. The molecule has 0 atom stereocenters. The van der Waals surface area contributed by atoms with Crippen LogP contribution < -0.4 is 10.4 Å². The van der Waals surface area contributed by atoms with E-state index in [1.54, 1.807) is 5.48 Å². The van der Waals surface area contributed by atoms with Crippen molar-refractivity contribution in [3.05, 3.63) is 53.5 Å². The van der Waals surface area contributed by atoms with Crippen molar-refractivity contribution in [2.45, 2.75) is 12.8 Å². The number of para-hydroxylation sites is 1. The van der Waals surface area contributed by atoms with Crippen molar-refractivity contribution in [3.8, 4) is 0 Å². The van der Waals surface area contributed by atoms with E-state index in [2.05, 4.69) is 38.1 Å². The Morgan fingerprint density at radius 1 is 1.17 bits per heavy atom. The van der Waals surface area contributed by atoms with E-state index in [1.165, 1.54) is 34.6 Å². The standard InChI is InChI=1S/C17H17N5O2/c23-16(21-24)11-9-18-17(19-10-11)22-7-5-13-12-3-1-2-4-14(12)20-15(13)6-8-22/h1-4,9-10,20,24H,5-8H2,(H,21,23). The largest absolute Gasteiger partial charge is 0.358 e. The molecule has 7 nitrogen and oxygen atoms in total. The van der Waals surface area contributed by atoms with Crippen molar-refractivity contribution in [2.24, 2.45) is 0 Å². The molecule has 2 aromatic heterocycles. The van der Waals surface area contributed by atoms with E-state index >= 15 is 0 Å². The van der Waals surface area contributed by atoms with Crippen LogP contribution in [0.3, 0.4) is 0 Å². The number of hydrogen-bond donors (Lipinski definition) is 3. The molecule has 0 spiro atoms. The number of aromatic amines is 1. The first-order chi connectivity index (χ1) is 11.8. The minimum Gasteiger partial charge on any atom is -0.358 e. The van der Waals surface area contributed by atoms with Crippen molar-refractivity contribution in [1.82, 2.24) is 20.4 Å². The van der Waals surface area contributed by atoms with Gasteiger partial charge >= 0.3 is 0 Å². The van der Waals surface area contributed by atoms with Gasteiger partial charge in [-0.05, 0) is 18.1 Å². The van der Waals surface area contributed by atoms with Gasteiger partial charge in [-0.1, -0.05) is 18.2 Å². The zero-order valence-electron chi connectivity index (χ0n) is 13.0. The summed E-state index contributed by atoms with van der Waals surface area (Å²) in [6, 6.07) is 8.37. The summed E-state index contributed by atoms with van der Waals surface area (Å²) in [5.74, 6) is -0.0159. The molecule has 0 saturated heterocycles. The van der Waals surface area contributed by atoms with Gasteiger partial charge in [0.2, 0.25) is 5.95 Å². The lowest BCUT2D eigenvalue weighted by atomic mass is 10.1. The topological polar surface area (TPSA) is 94.1 Å². The minimum atomic E-state index is -0.612. The number of anilines is 1. The molecule has 0 fully saturated rings. The number of aromatic nitrogens is 3. The Morgan fingerprint density at radius 3 is 2.71 bits per heavy atom.